The Balaban J connectivity index is 1.32. The SMILES string of the molecule is Cc1[nH]c2ccc3c(c2c1C(=O)OC(C)c1ccc(C(F)(F)F)cc1)CC1CCCN2CCCCC12O3. The maximum absolute atomic E-state index is 13.5. The molecule has 0 bridgehead atoms. The first kappa shape index (κ1) is 24.3. The monoisotopic (exact) mass is 512 g/mol. The molecular formula is C29H31F3N2O3. The lowest BCUT2D eigenvalue weighted by atomic mass is 9.74. The third-order valence-corrected chi connectivity index (χ3v) is 8.52. The quantitative estimate of drug-likeness (QED) is 0.386. The smallest absolute Gasteiger partial charge is 0.416 e. The van der Waals surface area contributed by atoms with E-state index >= 15 is 0 Å². The van der Waals surface area contributed by atoms with Crippen LogP contribution in [0, 0.1) is 12.8 Å². The van der Waals surface area contributed by atoms with E-state index in [9.17, 15) is 18.0 Å². The third-order valence-electron chi connectivity index (χ3n) is 8.52. The number of aromatic nitrogens is 1. The van der Waals surface area contributed by atoms with Crippen molar-refractivity contribution in [2.45, 2.75) is 70.4 Å². The van der Waals surface area contributed by atoms with Crippen molar-refractivity contribution < 1.29 is 27.4 Å². The number of benzene rings is 2. The number of hydrogen-bond acceptors (Lipinski definition) is 4. The summed E-state index contributed by atoms with van der Waals surface area (Å²) in [4.78, 5) is 19.3. The molecule has 0 aliphatic carbocycles. The minimum Gasteiger partial charge on any atom is -0.472 e. The van der Waals surface area contributed by atoms with Gasteiger partial charge in [-0.1, -0.05) is 12.1 Å². The third kappa shape index (κ3) is 4.00. The highest BCUT2D eigenvalue weighted by Gasteiger charge is 2.52. The van der Waals surface area contributed by atoms with Gasteiger partial charge in [-0.3, -0.25) is 4.90 Å². The van der Waals surface area contributed by atoms with Crippen molar-refractivity contribution in [2.24, 2.45) is 5.92 Å². The highest BCUT2D eigenvalue weighted by molar-refractivity contribution is 6.07. The molecule has 3 aliphatic heterocycles. The first-order valence-corrected chi connectivity index (χ1v) is 13.1. The Morgan fingerprint density at radius 1 is 1.14 bits per heavy atom. The Bertz CT molecular complexity index is 1350. The Morgan fingerprint density at radius 3 is 2.65 bits per heavy atom. The Labute approximate surface area is 213 Å². The van der Waals surface area contributed by atoms with Gasteiger partial charge >= 0.3 is 12.1 Å². The number of alkyl halides is 3. The molecule has 2 fully saturated rings. The number of H-pyrrole nitrogens is 1. The number of carbonyl (C=O) groups excluding carboxylic acids is 1. The van der Waals surface area contributed by atoms with E-state index in [1.165, 1.54) is 18.6 Å². The van der Waals surface area contributed by atoms with Crippen LogP contribution in [0.4, 0.5) is 13.2 Å². The number of esters is 1. The van der Waals surface area contributed by atoms with E-state index in [1.807, 2.05) is 19.1 Å². The van der Waals surface area contributed by atoms with Gasteiger partial charge in [-0.05, 0) is 75.8 Å². The van der Waals surface area contributed by atoms with E-state index in [4.69, 9.17) is 9.47 Å². The van der Waals surface area contributed by atoms with Crippen molar-refractivity contribution in [3.8, 4) is 5.75 Å². The summed E-state index contributed by atoms with van der Waals surface area (Å²) in [7, 11) is 0. The lowest BCUT2D eigenvalue weighted by molar-refractivity contribution is -0.177. The number of halogens is 3. The molecule has 3 unspecified atom stereocenters. The fraction of sp³-hybridized carbons (Fsp3) is 0.483. The van der Waals surface area contributed by atoms with E-state index in [-0.39, 0.29) is 5.72 Å². The zero-order valence-electron chi connectivity index (χ0n) is 21.1. The molecule has 1 N–H and O–H groups in total. The van der Waals surface area contributed by atoms with Crippen LogP contribution in [0.5, 0.6) is 5.75 Å². The summed E-state index contributed by atoms with van der Waals surface area (Å²) in [6.07, 6.45) is 1.36. The number of ether oxygens (including phenoxy) is 2. The summed E-state index contributed by atoms with van der Waals surface area (Å²) in [5, 5.41) is 0.836. The van der Waals surface area contributed by atoms with Crippen LogP contribution in [-0.4, -0.2) is 34.7 Å². The lowest BCUT2D eigenvalue weighted by Crippen LogP contribution is -2.64. The van der Waals surface area contributed by atoms with E-state index < -0.39 is 23.8 Å². The van der Waals surface area contributed by atoms with E-state index in [0.29, 0.717) is 22.7 Å². The van der Waals surface area contributed by atoms with Gasteiger partial charge in [0.1, 0.15) is 11.9 Å². The molecule has 5 nitrogen and oxygen atoms in total. The number of aromatic amines is 1. The van der Waals surface area contributed by atoms with Crippen LogP contribution in [0.1, 0.15) is 77.9 Å². The Morgan fingerprint density at radius 2 is 1.89 bits per heavy atom. The van der Waals surface area contributed by atoms with Gasteiger partial charge in [-0.2, -0.15) is 13.2 Å². The molecule has 3 aliphatic rings. The summed E-state index contributed by atoms with van der Waals surface area (Å²) in [5.74, 6) is 0.707. The second-order valence-corrected chi connectivity index (χ2v) is 10.7. The summed E-state index contributed by atoms with van der Waals surface area (Å²) < 4.78 is 51.4. The molecule has 8 heteroatoms. The minimum atomic E-state index is -4.41. The van der Waals surface area contributed by atoms with Crippen LogP contribution >= 0.6 is 0 Å². The van der Waals surface area contributed by atoms with Gasteiger partial charge in [0.15, 0.2) is 5.72 Å². The second-order valence-electron chi connectivity index (χ2n) is 10.7. The summed E-state index contributed by atoms with van der Waals surface area (Å²) in [6.45, 7) is 5.65. The van der Waals surface area contributed by atoms with Gasteiger partial charge in [0.2, 0.25) is 0 Å². The fourth-order valence-electron chi connectivity index (χ4n) is 6.70. The van der Waals surface area contributed by atoms with Crippen molar-refractivity contribution in [1.82, 2.24) is 9.88 Å². The molecular weight excluding hydrogens is 481 g/mol. The molecule has 1 spiro atoms. The molecule has 37 heavy (non-hydrogen) atoms. The van der Waals surface area contributed by atoms with E-state index in [2.05, 4.69) is 9.88 Å². The highest BCUT2D eigenvalue weighted by Crippen LogP contribution is 2.50. The topological polar surface area (TPSA) is 54.6 Å². The number of carbonyl (C=O) groups is 1. The van der Waals surface area contributed by atoms with Gasteiger partial charge in [-0.25, -0.2) is 4.79 Å². The van der Waals surface area contributed by atoms with Crippen molar-refractivity contribution in [3.05, 3.63) is 64.3 Å². The summed E-state index contributed by atoms with van der Waals surface area (Å²) >= 11 is 0. The molecule has 1 aromatic heterocycles. The predicted molar refractivity (Wildman–Crippen MR) is 134 cm³/mol. The van der Waals surface area contributed by atoms with Gasteiger partial charge < -0.3 is 14.5 Å². The average Bonchev–Trinajstić information content (AvgIpc) is 3.22. The Hall–Kier alpha value is -3.00. The maximum Gasteiger partial charge on any atom is 0.416 e. The molecule has 0 radical (unpaired) electrons. The molecule has 2 aromatic carbocycles. The molecule has 6 rings (SSSR count). The van der Waals surface area contributed by atoms with Crippen LogP contribution < -0.4 is 4.74 Å². The number of rotatable bonds is 3. The second kappa shape index (κ2) is 8.79. The molecule has 196 valence electrons. The largest absolute Gasteiger partial charge is 0.472 e. The van der Waals surface area contributed by atoms with Crippen LogP contribution in [0.25, 0.3) is 10.9 Å². The number of nitrogens with one attached hydrogen (secondary N) is 1. The van der Waals surface area contributed by atoms with E-state index in [0.717, 1.165) is 79.5 Å². The van der Waals surface area contributed by atoms with Gasteiger partial charge in [0, 0.05) is 47.6 Å². The van der Waals surface area contributed by atoms with Crippen molar-refractivity contribution in [1.29, 1.82) is 0 Å². The van der Waals surface area contributed by atoms with Crippen molar-refractivity contribution in [2.75, 3.05) is 13.1 Å². The molecule has 0 saturated carbocycles. The van der Waals surface area contributed by atoms with Crippen LogP contribution in [0.2, 0.25) is 0 Å². The molecule has 3 aromatic rings. The number of aryl methyl sites for hydroxylation is 1. The van der Waals surface area contributed by atoms with Gasteiger partial charge in [0.05, 0.1) is 11.1 Å². The minimum absolute atomic E-state index is 0.250. The first-order chi connectivity index (χ1) is 17.7. The average molecular weight is 513 g/mol. The normalized spacial score (nSPS) is 24.5. The lowest BCUT2D eigenvalue weighted by Gasteiger charge is -2.56. The molecule has 3 atom stereocenters. The van der Waals surface area contributed by atoms with Crippen LogP contribution in [0.15, 0.2) is 36.4 Å². The number of fused-ring (bicyclic) bond motifs is 3. The van der Waals surface area contributed by atoms with Crippen molar-refractivity contribution in [3.63, 3.8) is 0 Å². The van der Waals surface area contributed by atoms with E-state index in [1.54, 1.807) is 6.92 Å². The molecule has 2 saturated heterocycles. The van der Waals surface area contributed by atoms with Crippen LogP contribution in [0.3, 0.4) is 0 Å². The molecule has 0 amide bonds. The zero-order valence-corrected chi connectivity index (χ0v) is 21.1. The highest BCUT2D eigenvalue weighted by atomic mass is 19.4. The van der Waals surface area contributed by atoms with Crippen molar-refractivity contribution >= 4 is 16.9 Å². The van der Waals surface area contributed by atoms with Gasteiger partial charge in [0.25, 0.3) is 0 Å². The maximum atomic E-state index is 13.5. The van der Waals surface area contributed by atoms with Crippen LogP contribution in [-0.2, 0) is 17.3 Å². The predicted octanol–water partition coefficient (Wildman–Crippen LogP) is 6.94. The molecule has 4 heterocycles. The summed E-state index contributed by atoms with van der Waals surface area (Å²) in [5.41, 5.74) is 2.61. The summed E-state index contributed by atoms with van der Waals surface area (Å²) in [6, 6.07) is 8.72. The Kier molecular flexibility index (Phi) is 5.78. The number of piperidine rings is 2. The number of hydrogen-bond donors (Lipinski definition) is 1. The first-order valence-electron chi connectivity index (χ1n) is 13.1. The zero-order chi connectivity index (χ0) is 25.9. The fourth-order valence-corrected chi connectivity index (χ4v) is 6.70. The standard InChI is InChI=1S/C29H31F3N2O3/c1-17-25(27(35)36-18(2)19-7-9-20(10-8-19)29(30,31)32)26-22-16-21-6-5-15-34-14-4-3-13-28(21,34)37-24(22)12-11-23(26)33-17/h7-12,18,21,33H,3-6,13-16H2,1-2H3. The van der Waals surface area contributed by atoms with Gasteiger partial charge in [-0.15, -0.1) is 0 Å². The number of nitrogens with zero attached hydrogens (tertiary/aromatic N) is 1.